The van der Waals surface area contributed by atoms with Crippen molar-refractivity contribution in [2.24, 2.45) is 29.4 Å². The van der Waals surface area contributed by atoms with E-state index in [1.807, 2.05) is 13.8 Å². The maximum Gasteiger partial charge on any atom is 0.295 e. The van der Waals surface area contributed by atoms with E-state index < -0.39 is 281 Å². The van der Waals surface area contributed by atoms with Gasteiger partial charge in [-0.1, -0.05) is 121 Å². The maximum absolute atomic E-state index is 16.6. The molecule has 6 heterocycles. The van der Waals surface area contributed by atoms with E-state index in [9.17, 15) is 95.5 Å². The second-order valence-electron chi connectivity index (χ2n) is 35.2. The zero-order valence-electron chi connectivity index (χ0n) is 73.6. The molecule has 7 aliphatic rings. The summed E-state index contributed by atoms with van der Waals surface area (Å²) in [5.41, 5.74) is 1.68. The topological polar surface area (TPSA) is 608 Å². The number of nitrogens with two attached hydrogens (primary N) is 1. The largest absolute Gasteiger partial charge is 0.507 e. The molecule has 1 aliphatic carbocycles. The van der Waals surface area contributed by atoms with Gasteiger partial charge in [-0.2, -0.15) is 0 Å². The quantitative estimate of drug-likeness (QED) is 0.0181. The molecule has 1 saturated carbocycles. The number of halogens is 2. The van der Waals surface area contributed by atoms with E-state index in [-0.39, 0.29) is 109 Å². The summed E-state index contributed by atoms with van der Waals surface area (Å²) < 4.78 is 39.1. The zero-order valence-corrected chi connectivity index (χ0v) is 75.1. The molecule has 3 unspecified atom stereocenters. The fraction of sp³-hybridized carbons (Fsp3) is 0.565. The van der Waals surface area contributed by atoms with E-state index in [1.165, 1.54) is 24.3 Å². The van der Waals surface area contributed by atoms with Crippen LogP contribution in [0.2, 0.25) is 10.0 Å². The van der Waals surface area contributed by atoms with Crippen LogP contribution in [0.1, 0.15) is 227 Å². The summed E-state index contributed by atoms with van der Waals surface area (Å²) in [7, 11) is 0. The average Bonchev–Trinajstić information content (AvgIpc) is 0.760. The minimum Gasteiger partial charge on any atom is -0.507 e. The lowest BCUT2D eigenvalue weighted by Gasteiger charge is -2.48. The molecule has 0 radical (unpaired) electrons. The van der Waals surface area contributed by atoms with Gasteiger partial charge < -0.3 is 138 Å². The van der Waals surface area contributed by atoms with E-state index in [0.29, 0.717) is 12.8 Å². The first kappa shape index (κ1) is 103. The lowest BCUT2D eigenvalue weighted by atomic mass is 9.73. The highest BCUT2D eigenvalue weighted by atomic mass is 35.5. The molecular weight excluding hydrogens is 1750 g/mol. The molecule has 5 aromatic carbocycles. The molecule has 1 saturated heterocycles. The maximum atomic E-state index is 16.6. The highest BCUT2D eigenvalue weighted by Gasteiger charge is 2.53. The Balaban J connectivity index is 1.15. The molecule has 0 aromatic heterocycles. The first-order valence-electron chi connectivity index (χ1n) is 44.3. The number of Topliss-reactive ketones (excluding diaryl/α,β-unsaturated/α-hetero) is 3. The number of carbonyl (C=O) groups excluding carboxylic acids is 10. The summed E-state index contributed by atoms with van der Waals surface area (Å²) in [4.78, 5) is 146. The van der Waals surface area contributed by atoms with Crippen molar-refractivity contribution in [3.05, 3.63) is 116 Å². The number of ether oxygens (including phenoxy) is 6. The smallest absolute Gasteiger partial charge is 0.295 e. The van der Waals surface area contributed by atoms with Crippen molar-refractivity contribution in [1.29, 1.82) is 0 Å². The van der Waals surface area contributed by atoms with Crippen LogP contribution in [-0.2, 0) is 68.7 Å². The SMILES string of the molecule is CCCCCCCCCCC(=O)NC1(C)C[C@H](O[C@@H]2C(O)C(O)[C@@H](CO)O[C@H]2Oc2c3cc4cc2Oc2ccc(cc2Cl)[C@@H](O)[C@@H](NC(=O)[C@H](CC)CC(C)C)C(=O)C[C@@H](CC(N)=O)C(=O)N[C@H]4C(=O)C[C@@H]2C(=O)N[C@H](C(=O)N[C@H](OC=O)c4cc(O)c(CNCCCCC(=O)[C@H](O)[C@@H](O)[C@H](O)[C@H](O)CO)c(O)c4-c4cc2ccc4O)[C@H](O)c2ccc(c(Cl)c2)O3)C[C@@H](C)[C@H]1O. The van der Waals surface area contributed by atoms with Crippen LogP contribution in [0.25, 0.3) is 11.1 Å². The highest BCUT2D eigenvalue weighted by Crippen LogP contribution is 2.52. The number of unbranched alkanes of at least 4 members (excludes halogenated alkanes) is 8. The Bertz CT molecular complexity index is 4890. The molecular formula is C92H121Cl2N7O30. The molecule has 39 heteroatoms. The fourth-order valence-corrected chi connectivity index (χ4v) is 18.0. The first-order valence-corrected chi connectivity index (χ1v) is 45.0. The van der Waals surface area contributed by atoms with Crippen LogP contribution in [0, 0.1) is 23.7 Å². The number of carbonyl (C=O) groups is 10. The number of phenols is 3. The second kappa shape index (κ2) is 46.7. The molecule has 22 atom stereocenters. The Morgan fingerprint density at radius 2 is 1.34 bits per heavy atom. The standard InChI is InChI=1S/C92H121Cl2N7O30/c1-7-9-10-11-12-13-14-15-19-70(112)101-92(6)38-51(28-44(5)85(92)121)127-84-82(120)80(118)68(41-103)130-91(84)131-83-66-33-49-34-67(83)129-65-25-22-48(31-57(65)94)76(114)74-89(125)100-90(126-42-104)54-37-60(107)55(39-96-26-17-16-18-59(106)78(116)81(119)79(117)63(110)40-102)77(115)71(54)53-29-46(20-23-58(53)105)52(88(124)99-74)36-62(109)72(49)97-87(123)50(35-69(95)111)32-61(108)73(98-86(122)45(8-2)27-43(3)4)75(113)47-21-24-64(128-66)56(93)30-47/h20-25,29-31,33-34,37,42-45,50-52,63,68,72-76,78-82,84-85,90-91,96,102-103,105,107,110,113-121H,7-19,26-28,32,35-36,38-41H2,1-6H3,(H2,95,111)(H,97,123)(H,98,122)(H,99,124)(H,100,125)(H,101,112)/t44-,45-,50+,51-,52+,63-,68-,72-,73+,74+,75-,76-,78+,79-,80?,81-,82?,84-,85-,90-,91+,92?/m1/s1. The third-order valence-corrected chi connectivity index (χ3v) is 25.4. The van der Waals surface area contributed by atoms with Gasteiger partial charge in [-0.05, 0) is 147 Å². The zero-order chi connectivity index (χ0) is 95.7. The number of hydrogen-bond donors (Lipinski definition) is 21. The molecule has 37 nitrogen and oxygen atoms in total. The summed E-state index contributed by atoms with van der Waals surface area (Å²) in [6.07, 6.45) is -21.2. The molecule has 718 valence electrons. The van der Waals surface area contributed by atoms with Crippen molar-refractivity contribution in [1.82, 2.24) is 31.9 Å². The van der Waals surface area contributed by atoms with Crippen molar-refractivity contribution in [3.63, 3.8) is 0 Å². The van der Waals surface area contributed by atoms with Crippen molar-refractivity contribution in [3.8, 4) is 57.1 Å². The number of aliphatic hydroxyl groups is 11. The molecule has 131 heavy (non-hydrogen) atoms. The molecule has 0 spiro atoms. The van der Waals surface area contributed by atoms with E-state index in [0.717, 1.165) is 93.5 Å². The van der Waals surface area contributed by atoms with Gasteiger partial charge in [-0.15, -0.1) is 0 Å². The number of phenolic OH excluding ortho intramolecular Hbond substituents is 3. The number of primary amides is 1. The van der Waals surface area contributed by atoms with Crippen LogP contribution >= 0.6 is 23.2 Å². The number of hydrogen-bond acceptors (Lipinski definition) is 31. The molecule has 11 bridgehead atoms. The molecule has 5 aromatic rings. The Hall–Kier alpha value is -9.78. The lowest BCUT2D eigenvalue weighted by molar-refractivity contribution is -0.299. The third-order valence-electron chi connectivity index (χ3n) is 24.8. The number of benzene rings is 5. The minimum absolute atomic E-state index is 0.00851. The fourth-order valence-electron chi connectivity index (χ4n) is 17.5. The van der Waals surface area contributed by atoms with Crippen LogP contribution in [0.5, 0.6) is 46.0 Å². The third kappa shape index (κ3) is 25.4. The molecule has 22 N–H and O–H groups in total. The summed E-state index contributed by atoms with van der Waals surface area (Å²) >= 11 is 14.5. The number of ketones is 3. The van der Waals surface area contributed by atoms with E-state index in [2.05, 4.69) is 38.8 Å². The molecule has 6 amide bonds. The van der Waals surface area contributed by atoms with Gasteiger partial charge in [0.05, 0.1) is 58.4 Å². The molecule has 6 aliphatic heterocycles. The predicted molar refractivity (Wildman–Crippen MR) is 468 cm³/mol. The van der Waals surface area contributed by atoms with Crippen LogP contribution in [0.3, 0.4) is 0 Å². The Labute approximate surface area is 766 Å². The Kier molecular flexibility index (Phi) is 36.9. The Morgan fingerprint density at radius 1 is 0.702 bits per heavy atom. The van der Waals surface area contributed by atoms with Crippen molar-refractivity contribution in [2.45, 2.75) is 285 Å². The van der Waals surface area contributed by atoms with Gasteiger partial charge >= 0.3 is 0 Å². The van der Waals surface area contributed by atoms with Gasteiger partial charge in [0.1, 0.15) is 108 Å². The molecule has 2 fully saturated rings. The highest BCUT2D eigenvalue weighted by molar-refractivity contribution is 6.32. The number of aliphatic hydroxyl groups excluding tert-OH is 11. The van der Waals surface area contributed by atoms with Crippen molar-refractivity contribution >= 4 is 82.5 Å². The Morgan fingerprint density at radius 3 is 1.95 bits per heavy atom. The van der Waals surface area contributed by atoms with Gasteiger partial charge in [0.2, 0.25) is 53.7 Å². The number of fused-ring (bicyclic) bond motifs is 15. The predicted octanol–water partition coefficient (Wildman–Crippen LogP) is 5.18. The van der Waals surface area contributed by atoms with Crippen molar-refractivity contribution < 1.29 is 148 Å². The summed E-state index contributed by atoms with van der Waals surface area (Å²) in [6.45, 7) is 8.40. The van der Waals surface area contributed by atoms with Gasteiger partial charge in [0.25, 0.3) is 6.47 Å². The van der Waals surface area contributed by atoms with Crippen LogP contribution < -0.4 is 51.8 Å². The number of nitrogens with one attached hydrogen (secondary N) is 6. The normalized spacial score (nSPS) is 26.5. The first-order chi connectivity index (χ1) is 62.2. The lowest BCUT2D eigenvalue weighted by Crippen LogP contribution is -2.64. The van der Waals surface area contributed by atoms with Gasteiger partial charge in [-0.25, -0.2) is 0 Å². The number of amides is 6. The summed E-state index contributed by atoms with van der Waals surface area (Å²) in [6, 6.07) is 7.07. The summed E-state index contributed by atoms with van der Waals surface area (Å²) in [5, 5.41) is 174. The summed E-state index contributed by atoms with van der Waals surface area (Å²) in [5.74, 6) is -19.6. The van der Waals surface area contributed by atoms with Gasteiger partial charge in [-0.3, -0.25) is 47.9 Å². The van der Waals surface area contributed by atoms with Crippen LogP contribution in [0.15, 0.2) is 72.8 Å². The number of rotatable bonds is 36. The molecule has 12 rings (SSSR count). The number of aromatic hydroxyl groups is 3. The van der Waals surface area contributed by atoms with Crippen LogP contribution in [0.4, 0.5) is 0 Å². The van der Waals surface area contributed by atoms with Crippen molar-refractivity contribution in [2.75, 3.05) is 19.8 Å². The minimum atomic E-state index is -2.27. The van der Waals surface area contributed by atoms with Crippen LogP contribution in [-0.4, -0.2) is 235 Å². The second-order valence-corrected chi connectivity index (χ2v) is 36.0. The monoisotopic (exact) mass is 1870 g/mol. The van der Waals surface area contributed by atoms with E-state index >= 15 is 24.0 Å². The van der Waals surface area contributed by atoms with Gasteiger partial charge in [0, 0.05) is 61.3 Å². The average molecular weight is 1880 g/mol. The van der Waals surface area contributed by atoms with E-state index in [1.54, 1.807) is 20.8 Å². The van der Waals surface area contributed by atoms with E-state index in [4.69, 9.17) is 57.4 Å². The van der Waals surface area contributed by atoms with Gasteiger partial charge in [0.15, 0.2) is 28.8 Å².